The van der Waals surface area contributed by atoms with Crippen LogP contribution in [0.3, 0.4) is 0 Å². The van der Waals surface area contributed by atoms with Gasteiger partial charge in [0.05, 0.1) is 10.7 Å². The summed E-state index contributed by atoms with van der Waals surface area (Å²) in [6.07, 6.45) is 0. The summed E-state index contributed by atoms with van der Waals surface area (Å²) in [4.78, 5) is 4.27. The van der Waals surface area contributed by atoms with Crippen LogP contribution in [0.2, 0.25) is 5.02 Å². The second-order valence-corrected chi connectivity index (χ2v) is 4.77. The van der Waals surface area contributed by atoms with E-state index in [9.17, 15) is 0 Å². The summed E-state index contributed by atoms with van der Waals surface area (Å²) < 4.78 is 6.52. The van der Waals surface area contributed by atoms with Gasteiger partial charge in [0.15, 0.2) is 0 Å². The number of pyridine rings is 1. The highest BCUT2D eigenvalue weighted by Crippen LogP contribution is 2.30. The Morgan fingerprint density at radius 2 is 2.06 bits per heavy atom. The van der Waals surface area contributed by atoms with Crippen LogP contribution >= 0.6 is 27.5 Å². The number of benzene rings is 1. The lowest BCUT2D eigenvalue weighted by atomic mass is 10.3. The van der Waals surface area contributed by atoms with E-state index in [1.54, 1.807) is 24.3 Å². The van der Waals surface area contributed by atoms with Crippen LogP contribution in [0.5, 0.6) is 11.6 Å². The maximum absolute atomic E-state index is 6.01. The fourth-order valence-electron chi connectivity index (χ4n) is 1.29. The zero-order valence-corrected chi connectivity index (χ0v) is 11.4. The van der Waals surface area contributed by atoms with Crippen molar-refractivity contribution in [2.75, 3.05) is 5.73 Å². The molecule has 0 radical (unpaired) electrons. The number of aryl methyl sites for hydroxylation is 1. The summed E-state index contributed by atoms with van der Waals surface area (Å²) in [6, 6.07) is 8.74. The van der Waals surface area contributed by atoms with Crippen molar-refractivity contribution in [3.63, 3.8) is 0 Å². The smallest absolute Gasteiger partial charge is 0.219 e. The van der Waals surface area contributed by atoms with Gasteiger partial charge in [-0.2, -0.15) is 0 Å². The third kappa shape index (κ3) is 2.90. The molecule has 1 aromatic heterocycles. The lowest BCUT2D eigenvalue weighted by Gasteiger charge is -2.08. The Bertz CT molecular complexity index is 560. The van der Waals surface area contributed by atoms with Crippen molar-refractivity contribution >= 4 is 33.2 Å². The highest BCUT2D eigenvalue weighted by Gasteiger charge is 2.05. The minimum atomic E-state index is 0.465. The Kier molecular flexibility index (Phi) is 3.54. The minimum Gasteiger partial charge on any atom is -0.437 e. The van der Waals surface area contributed by atoms with Gasteiger partial charge < -0.3 is 10.5 Å². The minimum absolute atomic E-state index is 0.465. The lowest BCUT2D eigenvalue weighted by molar-refractivity contribution is 0.462. The molecule has 0 fully saturated rings. The van der Waals surface area contributed by atoms with Gasteiger partial charge in [-0.25, -0.2) is 4.98 Å². The molecule has 0 aliphatic carbocycles. The molecule has 0 aliphatic heterocycles. The topological polar surface area (TPSA) is 48.1 Å². The third-order valence-electron chi connectivity index (χ3n) is 2.17. The molecule has 1 aromatic carbocycles. The summed E-state index contributed by atoms with van der Waals surface area (Å²) >= 11 is 9.39. The SMILES string of the molecule is Cc1nc(Oc2ccc(N)cc2Cl)ccc1Br. The molecule has 5 heteroatoms. The summed E-state index contributed by atoms with van der Waals surface area (Å²) in [6.45, 7) is 1.89. The van der Waals surface area contributed by atoms with Crippen molar-refractivity contribution in [3.8, 4) is 11.6 Å². The van der Waals surface area contributed by atoms with Crippen LogP contribution in [0, 0.1) is 6.92 Å². The summed E-state index contributed by atoms with van der Waals surface area (Å²) in [5.74, 6) is 1.03. The number of hydrogen-bond donors (Lipinski definition) is 1. The van der Waals surface area contributed by atoms with E-state index in [2.05, 4.69) is 20.9 Å². The van der Waals surface area contributed by atoms with E-state index in [4.69, 9.17) is 22.1 Å². The molecule has 0 saturated heterocycles. The maximum atomic E-state index is 6.01. The number of rotatable bonds is 2. The van der Waals surface area contributed by atoms with Crippen LogP contribution in [0.1, 0.15) is 5.69 Å². The molecule has 2 N–H and O–H groups in total. The van der Waals surface area contributed by atoms with Crippen molar-refractivity contribution in [1.29, 1.82) is 0 Å². The van der Waals surface area contributed by atoms with Gasteiger partial charge in [0.2, 0.25) is 5.88 Å². The Labute approximate surface area is 113 Å². The first-order valence-electron chi connectivity index (χ1n) is 4.92. The third-order valence-corrected chi connectivity index (χ3v) is 3.30. The molecule has 0 atom stereocenters. The number of halogens is 2. The van der Waals surface area contributed by atoms with Crippen molar-refractivity contribution in [2.24, 2.45) is 0 Å². The monoisotopic (exact) mass is 312 g/mol. The Morgan fingerprint density at radius 1 is 1.29 bits per heavy atom. The van der Waals surface area contributed by atoms with Crippen LogP contribution in [0.4, 0.5) is 5.69 Å². The van der Waals surface area contributed by atoms with Gasteiger partial charge in [-0.3, -0.25) is 0 Å². The largest absolute Gasteiger partial charge is 0.437 e. The highest BCUT2D eigenvalue weighted by atomic mass is 79.9. The van der Waals surface area contributed by atoms with Crippen molar-refractivity contribution in [2.45, 2.75) is 6.92 Å². The number of anilines is 1. The van der Waals surface area contributed by atoms with Crippen molar-refractivity contribution in [1.82, 2.24) is 4.98 Å². The fraction of sp³-hybridized carbons (Fsp3) is 0.0833. The summed E-state index contributed by atoms with van der Waals surface area (Å²) in [7, 11) is 0. The van der Waals surface area contributed by atoms with E-state index in [0.29, 0.717) is 22.3 Å². The van der Waals surface area contributed by atoms with E-state index >= 15 is 0 Å². The van der Waals surface area contributed by atoms with Crippen LogP contribution in [-0.4, -0.2) is 4.98 Å². The van der Waals surface area contributed by atoms with Crippen LogP contribution in [0.25, 0.3) is 0 Å². The lowest BCUT2D eigenvalue weighted by Crippen LogP contribution is -1.92. The maximum Gasteiger partial charge on any atom is 0.219 e. The molecular weight excluding hydrogens is 304 g/mol. The van der Waals surface area contributed by atoms with E-state index < -0.39 is 0 Å². The molecule has 17 heavy (non-hydrogen) atoms. The van der Waals surface area contributed by atoms with E-state index in [0.717, 1.165) is 10.2 Å². The molecule has 2 rings (SSSR count). The number of nitrogens with zero attached hydrogens (tertiary/aromatic N) is 1. The first-order valence-corrected chi connectivity index (χ1v) is 6.09. The van der Waals surface area contributed by atoms with Gasteiger partial charge in [-0.05, 0) is 47.1 Å². The van der Waals surface area contributed by atoms with Gasteiger partial charge in [-0.15, -0.1) is 0 Å². The molecule has 1 heterocycles. The number of nitrogen functional groups attached to an aromatic ring is 1. The van der Waals surface area contributed by atoms with Crippen LogP contribution in [0.15, 0.2) is 34.8 Å². The predicted molar refractivity (Wildman–Crippen MR) is 72.6 cm³/mol. The van der Waals surface area contributed by atoms with E-state index in [1.807, 2.05) is 13.0 Å². The molecular formula is C12H10BrClN2O. The highest BCUT2D eigenvalue weighted by molar-refractivity contribution is 9.10. The number of aromatic nitrogens is 1. The predicted octanol–water partition coefficient (Wildman–Crippen LogP) is 4.18. The molecule has 0 aliphatic rings. The Hall–Kier alpha value is -1.26. The first-order chi connectivity index (χ1) is 8.06. The first kappa shape index (κ1) is 12.2. The number of hydrogen-bond acceptors (Lipinski definition) is 3. The molecule has 0 saturated carbocycles. The van der Waals surface area contributed by atoms with Gasteiger partial charge in [0.25, 0.3) is 0 Å². The zero-order valence-electron chi connectivity index (χ0n) is 9.08. The standard InChI is InChI=1S/C12H10BrClN2O/c1-7-9(13)3-5-12(16-7)17-11-4-2-8(15)6-10(11)14/h2-6H,15H2,1H3. The Balaban J connectivity index is 2.28. The summed E-state index contributed by atoms with van der Waals surface area (Å²) in [5, 5.41) is 0.465. The quantitative estimate of drug-likeness (QED) is 0.846. The van der Waals surface area contributed by atoms with Crippen LogP contribution in [-0.2, 0) is 0 Å². The zero-order chi connectivity index (χ0) is 12.4. The average Bonchev–Trinajstić information content (AvgIpc) is 2.27. The second kappa shape index (κ2) is 4.94. The summed E-state index contributed by atoms with van der Waals surface area (Å²) in [5.41, 5.74) is 7.06. The number of ether oxygens (including phenoxy) is 1. The van der Waals surface area contributed by atoms with Gasteiger partial charge in [0, 0.05) is 16.2 Å². The Morgan fingerprint density at radius 3 is 2.71 bits per heavy atom. The molecule has 0 amide bonds. The molecule has 2 aromatic rings. The fourth-order valence-corrected chi connectivity index (χ4v) is 1.74. The van der Waals surface area contributed by atoms with Crippen LogP contribution < -0.4 is 10.5 Å². The number of nitrogens with two attached hydrogens (primary N) is 1. The molecule has 0 bridgehead atoms. The molecule has 3 nitrogen and oxygen atoms in total. The molecule has 0 spiro atoms. The second-order valence-electron chi connectivity index (χ2n) is 3.51. The molecule has 0 unspecified atom stereocenters. The van der Waals surface area contributed by atoms with E-state index in [-0.39, 0.29) is 0 Å². The normalized spacial score (nSPS) is 10.3. The van der Waals surface area contributed by atoms with Crippen molar-refractivity contribution in [3.05, 3.63) is 45.5 Å². The average molecular weight is 314 g/mol. The van der Waals surface area contributed by atoms with E-state index in [1.165, 1.54) is 0 Å². The van der Waals surface area contributed by atoms with Gasteiger partial charge in [0.1, 0.15) is 5.75 Å². The van der Waals surface area contributed by atoms with Crippen molar-refractivity contribution < 1.29 is 4.74 Å². The van der Waals surface area contributed by atoms with Gasteiger partial charge >= 0.3 is 0 Å². The molecule has 88 valence electrons. The van der Waals surface area contributed by atoms with Gasteiger partial charge in [-0.1, -0.05) is 11.6 Å².